The molecule has 28 heavy (non-hydrogen) atoms. The zero-order valence-electron chi connectivity index (χ0n) is 16.2. The summed E-state index contributed by atoms with van der Waals surface area (Å²) in [6.07, 6.45) is 2.47. The fraction of sp³-hybridized carbons (Fsp3) is 0.227. The van der Waals surface area contributed by atoms with E-state index in [-0.39, 0.29) is 0 Å². The Morgan fingerprint density at radius 2 is 1.86 bits per heavy atom. The Balaban J connectivity index is 2.15. The van der Waals surface area contributed by atoms with E-state index in [0.29, 0.717) is 17.7 Å². The van der Waals surface area contributed by atoms with Gasteiger partial charge in [0.25, 0.3) is 5.91 Å². The lowest BCUT2D eigenvalue weighted by molar-refractivity contribution is 0.0600. The van der Waals surface area contributed by atoms with Crippen LogP contribution in [-0.2, 0) is 17.7 Å². The van der Waals surface area contributed by atoms with Crippen molar-refractivity contribution < 1.29 is 14.3 Å². The molecule has 1 amide bonds. The summed E-state index contributed by atoms with van der Waals surface area (Å²) in [6.45, 7) is 4.49. The van der Waals surface area contributed by atoms with E-state index >= 15 is 0 Å². The van der Waals surface area contributed by atoms with Crippen LogP contribution < -0.4 is 5.73 Å². The number of nitrogens with zero attached hydrogens (tertiary/aromatic N) is 2. The summed E-state index contributed by atoms with van der Waals surface area (Å²) in [7, 11) is 1.34. The van der Waals surface area contributed by atoms with E-state index in [4.69, 9.17) is 10.5 Å². The van der Waals surface area contributed by atoms with Crippen LogP contribution in [0.3, 0.4) is 0 Å². The van der Waals surface area contributed by atoms with Gasteiger partial charge in [0, 0.05) is 23.1 Å². The van der Waals surface area contributed by atoms with Crippen LogP contribution in [0.2, 0.25) is 0 Å². The number of carbonyl (C=O) groups excluding carboxylic acids is 2. The van der Waals surface area contributed by atoms with E-state index in [9.17, 15) is 9.59 Å². The third-order valence-electron chi connectivity index (χ3n) is 4.85. The van der Waals surface area contributed by atoms with Crippen LogP contribution in [-0.4, -0.2) is 28.5 Å². The van der Waals surface area contributed by atoms with Gasteiger partial charge in [-0.25, -0.2) is 4.79 Å². The summed E-state index contributed by atoms with van der Waals surface area (Å²) >= 11 is 0. The molecule has 0 atom stereocenters. The zero-order chi connectivity index (χ0) is 20.3. The van der Waals surface area contributed by atoms with E-state index in [1.807, 2.05) is 44.2 Å². The summed E-state index contributed by atoms with van der Waals surface area (Å²) in [5.41, 5.74) is 11.0. The monoisotopic (exact) mass is 377 g/mol. The van der Waals surface area contributed by atoms with Crippen molar-refractivity contribution in [3.8, 4) is 11.1 Å². The molecule has 0 saturated carbocycles. The summed E-state index contributed by atoms with van der Waals surface area (Å²) in [6, 6.07) is 12.8. The minimum atomic E-state index is -0.473. The Hall–Kier alpha value is -3.41. The topological polar surface area (TPSA) is 87.2 Å². The molecule has 3 aromatic rings. The predicted molar refractivity (Wildman–Crippen MR) is 107 cm³/mol. The summed E-state index contributed by atoms with van der Waals surface area (Å²) < 4.78 is 6.84. The van der Waals surface area contributed by atoms with Gasteiger partial charge in [-0.1, -0.05) is 25.1 Å². The molecule has 0 fully saturated rings. The zero-order valence-corrected chi connectivity index (χ0v) is 16.2. The van der Waals surface area contributed by atoms with Crippen molar-refractivity contribution in [3.63, 3.8) is 0 Å². The molecule has 2 N–H and O–H groups in total. The van der Waals surface area contributed by atoms with Crippen LogP contribution in [0.15, 0.2) is 48.7 Å². The fourth-order valence-corrected chi connectivity index (χ4v) is 3.54. The lowest BCUT2D eigenvalue weighted by Crippen LogP contribution is -2.14. The van der Waals surface area contributed by atoms with Crippen molar-refractivity contribution in [2.45, 2.75) is 26.8 Å². The van der Waals surface area contributed by atoms with E-state index in [2.05, 4.69) is 9.55 Å². The molecule has 0 aliphatic carbocycles. The van der Waals surface area contributed by atoms with Gasteiger partial charge < -0.3 is 15.0 Å². The number of nitrogens with two attached hydrogens (primary N) is 1. The Morgan fingerprint density at radius 1 is 1.14 bits per heavy atom. The van der Waals surface area contributed by atoms with Crippen molar-refractivity contribution in [2.24, 2.45) is 5.73 Å². The fourth-order valence-electron chi connectivity index (χ4n) is 3.54. The van der Waals surface area contributed by atoms with Crippen LogP contribution in [0.25, 0.3) is 11.1 Å². The van der Waals surface area contributed by atoms with Crippen LogP contribution in [0.4, 0.5) is 0 Å². The smallest absolute Gasteiger partial charge is 0.337 e. The average molecular weight is 377 g/mol. The van der Waals surface area contributed by atoms with Gasteiger partial charge >= 0.3 is 5.97 Å². The first-order valence-electron chi connectivity index (χ1n) is 9.08. The standard InChI is InChI=1S/C22H23N3O3/c1-4-18-20(15-8-10-16(11-9-15)22(27)28-3)19(21(23)26)14(2)25(18)13-17-7-5-6-12-24-17/h5-12H,4,13H2,1-3H3,(H2,23,26). The van der Waals surface area contributed by atoms with Gasteiger partial charge in [-0.3, -0.25) is 9.78 Å². The highest BCUT2D eigenvalue weighted by Gasteiger charge is 2.24. The highest BCUT2D eigenvalue weighted by Crippen LogP contribution is 2.34. The minimum absolute atomic E-state index is 0.402. The van der Waals surface area contributed by atoms with Crippen molar-refractivity contribution in [2.75, 3.05) is 7.11 Å². The number of hydrogen-bond donors (Lipinski definition) is 1. The summed E-state index contributed by atoms with van der Waals surface area (Å²) in [5, 5.41) is 0. The average Bonchev–Trinajstić information content (AvgIpc) is 3.00. The molecule has 1 aromatic carbocycles. The van der Waals surface area contributed by atoms with Crippen LogP contribution >= 0.6 is 0 Å². The lowest BCUT2D eigenvalue weighted by atomic mass is 9.98. The normalized spacial score (nSPS) is 10.7. The molecule has 0 radical (unpaired) electrons. The number of ether oxygens (including phenoxy) is 1. The van der Waals surface area contributed by atoms with Crippen LogP contribution in [0.5, 0.6) is 0 Å². The molecule has 2 aromatic heterocycles. The van der Waals surface area contributed by atoms with Gasteiger partial charge in [0.05, 0.1) is 30.5 Å². The first-order valence-corrected chi connectivity index (χ1v) is 9.08. The number of primary amides is 1. The highest BCUT2D eigenvalue weighted by molar-refractivity contribution is 6.02. The van der Waals surface area contributed by atoms with E-state index < -0.39 is 11.9 Å². The van der Waals surface area contributed by atoms with Crippen LogP contribution in [0.1, 0.15) is 44.7 Å². The quantitative estimate of drug-likeness (QED) is 0.667. The van der Waals surface area contributed by atoms with Gasteiger partial charge in [-0.15, -0.1) is 0 Å². The minimum Gasteiger partial charge on any atom is -0.465 e. The first-order chi connectivity index (χ1) is 13.5. The number of carbonyl (C=O) groups is 2. The molecule has 0 saturated heterocycles. The number of hydrogen-bond acceptors (Lipinski definition) is 4. The molecule has 0 aliphatic heterocycles. The number of esters is 1. The largest absolute Gasteiger partial charge is 0.465 e. The molecule has 2 heterocycles. The lowest BCUT2D eigenvalue weighted by Gasteiger charge is -2.11. The van der Waals surface area contributed by atoms with Gasteiger partial charge in [0.15, 0.2) is 0 Å². The Bertz CT molecular complexity index is 1010. The highest BCUT2D eigenvalue weighted by atomic mass is 16.5. The predicted octanol–water partition coefficient (Wildman–Crippen LogP) is 3.35. The Labute approximate surface area is 164 Å². The Morgan fingerprint density at radius 3 is 2.39 bits per heavy atom. The number of methoxy groups -OCH3 is 1. The van der Waals surface area contributed by atoms with Crippen molar-refractivity contribution in [1.29, 1.82) is 0 Å². The second-order valence-electron chi connectivity index (χ2n) is 6.48. The molecule has 0 unspecified atom stereocenters. The van der Waals surface area contributed by atoms with Crippen molar-refractivity contribution in [1.82, 2.24) is 9.55 Å². The van der Waals surface area contributed by atoms with Crippen LogP contribution in [0, 0.1) is 6.92 Å². The van der Waals surface area contributed by atoms with Gasteiger partial charge in [0.2, 0.25) is 0 Å². The molecule has 0 bridgehead atoms. The number of rotatable bonds is 6. The number of pyridine rings is 1. The molecule has 6 nitrogen and oxygen atoms in total. The SMILES string of the molecule is CCc1c(-c2ccc(C(=O)OC)cc2)c(C(N)=O)c(C)n1Cc1ccccn1. The maximum Gasteiger partial charge on any atom is 0.337 e. The summed E-state index contributed by atoms with van der Waals surface area (Å²) in [5.74, 6) is -0.875. The second kappa shape index (κ2) is 8.08. The number of amides is 1. The molecule has 0 spiro atoms. The molecule has 0 aliphatic rings. The second-order valence-corrected chi connectivity index (χ2v) is 6.48. The van der Waals surface area contributed by atoms with Crippen molar-refractivity contribution >= 4 is 11.9 Å². The molecular formula is C22H23N3O3. The maximum atomic E-state index is 12.3. The third kappa shape index (κ3) is 3.53. The maximum absolute atomic E-state index is 12.3. The molecule has 3 rings (SSSR count). The first kappa shape index (κ1) is 19.4. The van der Waals surface area contributed by atoms with Gasteiger partial charge in [0.1, 0.15) is 0 Å². The third-order valence-corrected chi connectivity index (χ3v) is 4.85. The summed E-state index contributed by atoms with van der Waals surface area (Å²) in [4.78, 5) is 28.4. The molecular weight excluding hydrogens is 354 g/mol. The number of benzene rings is 1. The van der Waals surface area contributed by atoms with E-state index in [1.165, 1.54) is 7.11 Å². The van der Waals surface area contributed by atoms with Gasteiger partial charge in [-0.2, -0.15) is 0 Å². The van der Waals surface area contributed by atoms with E-state index in [0.717, 1.165) is 34.6 Å². The molecule has 144 valence electrons. The van der Waals surface area contributed by atoms with Crippen molar-refractivity contribution in [3.05, 3.63) is 76.9 Å². The number of aromatic nitrogens is 2. The molecule has 6 heteroatoms. The van der Waals surface area contributed by atoms with E-state index in [1.54, 1.807) is 18.3 Å². The van der Waals surface area contributed by atoms with Gasteiger partial charge in [-0.05, 0) is 43.2 Å². The Kier molecular flexibility index (Phi) is 5.59.